The van der Waals surface area contributed by atoms with Crippen LogP contribution in [-0.2, 0) is 4.74 Å². The first-order valence-electron chi connectivity index (χ1n) is 8.21. The fraction of sp³-hybridized carbons (Fsp3) is 0.474. The highest BCUT2D eigenvalue weighted by atomic mass is 35.5. The Hall–Kier alpha value is -1.25. The standard InChI is InChI=1S/C19H22ClNO/c1-12-7-8-21(12)19-6-5-16(13(2)14-10-22-11-14)18-9-15(20)3-4-17(18)19/h3-6,9,12-14H,7-8,10-11H2,1-2H3. The van der Waals surface area contributed by atoms with E-state index in [9.17, 15) is 0 Å². The Morgan fingerprint density at radius 3 is 2.59 bits per heavy atom. The van der Waals surface area contributed by atoms with Gasteiger partial charge in [-0.3, -0.25) is 0 Å². The van der Waals surface area contributed by atoms with Gasteiger partial charge in [-0.25, -0.2) is 0 Å². The molecule has 22 heavy (non-hydrogen) atoms. The van der Waals surface area contributed by atoms with Crippen LogP contribution in [0.4, 0.5) is 5.69 Å². The number of benzene rings is 2. The summed E-state index contributed by atoms with van der Waals surface area (Å²) in [5, 5.41) is 3.46. The number of anilines is 1. The molecule has 2 atom stereocenters. The lowest BCUT2D eigenvalue weighted by Crippen LogP contribution is -2.45. The molecule has 0 N–H and O–H groups in total. The van der Waals surface area contributed by atoms with Crippen molar-refractivity contribution >= 4 is 28.1 Å². The van der Waals surface area contributed by atoms with Crippen molar-refractivity contribution in [2.45, 2.75) is 32.2 Å². The van der Waals surface area contributed by atoms with Crippen molar-refractivity contribution in [2.75, 3.05) is 24.7 Å². The summed E-state index contributed by atoms with van der Waals surface area (Å²) in [6.07, 6.45) is 1.28. The Kier molecular flexibility index (Phi) is 3.54. The zero-order valence-corrected chi connectivity index (χ0v) is 13.9. The minimum absolute atomic E-state index is 0.512. The van der Waals surface area contributed by atoms with Crippen molar-refractivity contribution in [3.05, 3.63) is 40.9 Å². The van der Waals surface area contributed by atoms with Crippen molar-refractivity contribution in [1.82, 2.24) is 0 Å². The fourth-order valence-corrected chi connectivity index (χ4v) is 3.82. The molecule has 4 rings (SSSR count). The summed E-state index contributed by atoms with van der Waals surface area (Å²) in [6, 6.07) is 11.6. The third-order valence-corrected chi connectivity index (χ3v) is 5.72. The smallest absolute Gasteiger partial charge is 0.0522 e. The minimum Gasteiger partial charge on any atom is -0.381 e. The summed E-state index contributed by atoms with van der Waals surface area (Å²) < 4.78 is 5.38. The SMILES string of the molecule is CC(c1ccc(N2CCC2C)c2ccc(Cl)cc12)C1COC1. The molecule has 2 saturated heterocycles. The number of nitrogens with zero attached hydrogens (tertiary/aromatic N) is 1. The van der Waals surface area contributed by atoms with E-state index in [0.717, 1.165) is 24.8 Å². The maximum Gasteiger partial charge on any atom is 0.0522 e. The molecule has 2 unspecified atom stereocenters. The van der Waals surface area contributed by atoms with Crippen molar-refractivity contribution in [3.8, 4) is 0 Å². The molecule has 0 aromatic heterocycles. The van der Waals surface area contributed by atoms with Crippen molar-refractivity contribution < 1.29 is 4.74 Å². The van der Waals surface area contributed by atoms with Gasteiger partial charge in [0.1, 0.15) is 0 Å². The average Bonchev–Trinajstić information content (AvgIpc) is 2.43. The van der Waals surface area contributed by atoms with Gasteiger partial charge in [0.15, 0.2) is 0 Å². The summed E-state index contributed by atoms with van der Waals surface area (Å²) in [6.45, 7) is 7.54. The van der Waals surface area contributed by atoms with Gasteiger partial charge in [-0.2, -0.15) is 0 Å². The number of rotatable bonds is 3. The molecule has 2 aliphatic heterocycles. The molecule has 2 fully saturated rings. The molecule has 0 aliphatic carbocycles. The van der Waals surface area contributed by atoms with Gasteiger partial charge in [-0.05, 0) is 48.4 Å². The Morgan fingerprint density at radius 1 is 1.18 bits per heavy atom. The van der Waals surface area contributed by atoms with E-state index in [-0.39, 0.29) is 0 Å². The molecular weight excluding hydrogens is 294 g/mol. The van der Waals surface area contributed by atoms with Gasteiger partial charge in [0.2, 0.25) is 0 Å². The molecule has 0 saturated carbocycles. The van der Waals surface area contributed by atoms with Crippen LogP contribution in [0.1, 0.15) is 31.7 Å². The van der Waals surface area contributed by atoms with E-state index in [1.165, 1.54) is 28.4 Å². The third kappa shape index (κ3) is 2.21. The van der Waals surface area contributed by atoms with Gasteiger partial charge in [0.25, 0.3) is 0 Å². The normalized spacial score (nSPS) is 23.2. The number of hydrogen-bond acceptors (Lipinski definition) is 2. The molecule has 116 valence electrons. The molecule has 2 aliphatic rings. The predicted molar refractivity (Wildman–Crippen MR) is 93.1 cm³/mol. The van der Waals surface area contributed by atoms with Crippen LogP contribution in [0.5, 0.6) is 0 Å². The first-order chi connectivity index (χ1) is 10.6. The zero-order valence-electron chi connectivity index (χ0n) is 13.2. The average molecular weight is 316 g/mol. The van der Waals surface area contributed by atoms with Crippen LogP contribution in [0.2, 0.25) is 5.02 Å². The summed E-state index contributed by atoms with van der Waals surface area (Å²) in [7, 11) is 0. The van der Waals surface area contributed by atoms with Gasteiger partial charge in [0.05, 0.1) is 13.2 Å². The van der Waals surface area contributed by atoms with Gasteiger partial charge in [-0.1, -0.05) is 30.7 Å². The van der Waals surface area contributed by atoms with Gasteiger partial charge < -0.3 is 9.64 Å². The Labute approximate surface area is 137 Å². The van der Waals surface area contributed by atoms with E-state index < -0.39 is 0 Å². The second kappa shape index (κ2) is 5.43. The van der Waals surface area contributed by atoms with Crippen molar-refractivity contribution in [1.29, 1.82) is 0 Å². The maximum atomic E-state index is 6.29. The zero-order chi connectivity index (χ0) is 15.3. The number of halogens is 1. The van der Waals surface area contributed by atoms with E-state index in [0.29, 0.717) is 17.9 Å². The summed E-state index contributed by atoms with van der Waals surface area (Å²) in [4.78, 5) is 2.50. The number of hydrogen-bond donors (Lipinski definition) is 0. The van der Waals surface area contributed by atoms with Crippen molar-refractivity contribution in [2.24, 2.45) is 5.92 Å². The number of fused-ring (bicyclic) bond motifs is 1. The summed E-state index contributed by atoms with van der Waals surface area (Å²) in [5.41, 5.74) is 2.76. The Balaban J connectivity index is 1.84. The van der Waals surface area contributed by atoms with E-state index in [2.05, 4.69) is 43.0 Å². The topological polar surface area (TPSA) is 12.5 Å². The molecule has 0 spiro atoms. The van der Waals surface area contributed by atoms with Gasteiger partial charge in [0, 0.05) is 34.6 Å². The molecule has 0 radical (unpaired) electrons. The van der Waals surface area contributed by atoms with E-state index >= 15 is 0 Å². The monoisotopic (exact) mass is 315 g/mol. The molecule has 2 nitrogen and oxygen atoms in total. The molecular formula is C19H22ClNO. The van der Waals surface area contributed by atoms with Gasteiger partial charge >= 0.3 is 0 Å². The summed E-state index contributed by atoms with van der Waals surface area (Å²) in [5.74, 6) is 1.15. The molecule has 2 heterocycles. The largest absolute Gasteiger partial charge is 0.381 e. The summed E-state index contributed by atoms with van der Waals surface area (Å²) >= 11 is 6.29. The highest BCUT2D eigenvalue weighted by Crippen LogP contribution is 2.40. The van der Waals surface area contributed by atoms with E-state index in [1.54, 1.807) is 0 Å². The highest BCUT2D eigenvalue weighted by molar-refractivity contribution is 6.31. The van der Waals surface area contributed by atoms with Crippen LogP contribution in [0.3, 0.4) is 0 Å². The second-order valence-electron chi connectivity index (χ2n) is 6.78. The van der Waals surface area contributed by atoms with Crippen LogP contribution in [0, 0.1) is 5.92 Å². The molecule has 3 heteroatoms. The second-order valence-corrected chi connectivity index (χ2v) is 7.22. The lowest BCUT2D eigenvalue weighted by molar-refractivity contribution is -0.0421. The van der Waals surface area contributed by atoms with Crippen LogP contribution >= 0.6 is 11.6 Å². The molecule has 2 aromatic rings. The lowest BCUT2D eigenvalue weighted by atomic mass is 9.83. The third-order valence-electron chi connectivity index (χ3n) is 5.48. The first kappa shape index (κ1) is 14.3. The quantitative estimate of drug-likeness (QED) is 0.803. The van der Waals surface area contributed by atoms with E-state index in [1.807, 2.05) is 6.07 Å². The molecule has 0 amide bonds. The van der Waals surface area contributed by atoms with Gasteiger partial charge in [-0.15, -0.1) is 0 Å². The Morgan fingerprint density at radius 2 is 2.00 bits per heavy atom. The maximum absolute atomic E-state index is 6.29. The van der Waals surface area contributed by atoms with Crippen LogP contribution in [0.15, 0.2) is 30.3 Å². The molecule has 2 aromatic carbocycles. The van der Waals surface area contributed by atoms with Crippen LogP contribution in [-0.4, -0.2) is 25.8 Å². The van der Waals surface area contributed by atoms with E-state index in [4.69, 9.17) is 16.3 Å². The Bertz CT molecular complexity index is 710. The van der Waals surface area contributed by atoms with Crippen molar-refractivity contribution in [3.63, 3.8) is 0 Å². The molecule has 0 bridgehead atoms. The fourth-order valence-electron chi connectivity index (χ4n) is 3.65. The minimum atomic E-state index is 0.512. The van der Waals surface area contributed by atoms with Crippen LogP contribution < -0.4 is 4.90 Å². The predicted octanol–water partition coefficient (Wildman–Crippen LogP) is 4.84. The first-order valence-corrected chi connectivity index (χ1v) is 8.59. The highest BCUT2D eigenvalue weighted by Gasteiger charge is 2.29. The lowest BCUT2D eigenvalue weighted by Gasteiger charge is -2.42. The number of ether oxygens (including phenoxy) is 1. The van der Waals surface area contributed by atoms with Crippen LogP contribution in [0.25, 0.3) is 10.8 Å².